The molecule has 2 heterocycles. The lowest BCUT2D eigenvalue weighted by atomic mass is 10.0. The highest BCUT2D eigenvalue weighted by Crippen LogP contribution is 2.39. The summed E-state index contributed by atoms with van der Waals surface area (Å²) in [5, 5.41) is 0. The summed E-state index contributed by atoms with van der Waals surface area (Å²) in [6.07, 6.45) is 7.25. The van der Waals surface area contributed by atoms with Crippen molar-refractivity contribution in [2.24, 2.45) is 0 Å². The van der Waals surface area contributed by atoms with E-state index in [1.54, 1.807) is 0 Å². The molecule has 2 rings (SSSR count). The molecule has 2 fully saturated rings. The molecule has 11 heavy (non-hydrogen) atoms. The fourth-order valence-corrected chi connectivity index (χ4v) is 2.88. The zero-order chi connectivity index (χ0) is 7.84. The Morgan fingerprint density at radius 2 is 1.64 bits per heavy atom. The highest BCUT2D eigenvalue weighted by atomic mass is 15.3. The Kier molecular flexibility index (Phi) is 1.92. The topological polar surface area (TPSA) is 3.24 Å². The maximum absolute atomic E-state index is 2.78. The van der Waals surface area contributed by atoms with Gasteiger partial charge in [-0.05, 0) is 39.0 Å². The summed E-state index contributed by atoms with van der Waals surface area (Å²) in [5.41, 5.74) is 0. The van der Waals surface area contributed by atoms with Crippen molar-refractivity contribution in [2.45, 2.75) is 64.1 Å². The van der Waals surface area contributed by atoms with Gasteiger partial charge in [-0.2, -0.15) is 0 Å². The molecule has 0 unspecified atom stereocenters. The van der Waals surface area contributed by atoms with Gasteiger partial charge in [-0.15, -0.1) is 0 Å². The van der Waals surface area contributed by atoms with Crippen LogP contribution in [0.15, 0.2) is 0 Å². The predicted octanol–water partition coefficient (Wildman–Crippen LogP) is 2.41. The van der Waals surface area contributed by atoms with E-state index >= 15 is 0 Å². The van der Waals surface area contributed by atoms with Crippen molar-refractivity contribution in [3.63, 3.8) is 0 Å². The monoisotopic (exact) mass is 153 g/mol. The van der Waals surface area contributed by atoms with Crippen molar-refractivity contribution in [1.29, 1.82) is 0 Å². The molecule has 0 saturated carbocycles. The zero-order valence-electron chi connectivity index (χ0n) is 7.71. The summed E-state index contributed by atoms with van der Waals surface area (Å²) < 4.78 is 0. The second-order valence-corrected chi connectivity index (χ2v) is 4.17. The van der Waals surface area contributed by atoms with E-state index in [-0.39, 0.29) is 0 Å². The second-order valence-electron chi connectivity index (χ2n) is 4.17. The van der Waals surface area contributed by atoms with E-state index < -0.39 is 0 Å². The molecule has 2 aliphatic heterocycles. The summed E-state index contributed by atoms with van der Waals surface area (Å²) >= 11 is 0. The van der Waals surface area contributed by atoms with E-state index in [1.165, 1.54) is 32.1 Å². The molecule has 1 heteroatoms. The van der Waals surface area contributed by atoms with E-state index in [9.17, 15) is 0 Å². The van der Waals surface area contributed by atoms with Crippen molar-refractivity contribution in [1.82, 2.24) is 4.90 Å². The minimum Gasteiger partial charge on any atom is -0.295 e. The van der Waals surface area contributed by atoms with Crippen LogP contribution < -0.4 is 0 Å². The third-order valence-electron chi connectivity index (χ3n) is 3.61. The summed E-state index contributed by atoms with van der Waals surface area (Å²) in [6, 6.07) is 2.78. The van der Waals surface area contributed by atoms with Crippen LogP contribution >= 0.6 is 0 Å². The summed E-state index contributed by atoms with van der Waals surface area (Å²) in [6.45, 7) is 4.69. The average Bonchev–Trinajstić information content (AvgIpc) is 2.61. The normalized spacial score (nSPS) is 39.8. The van der Waals surface area contributed by atoms with Gasteiger partial charge in [-0.1, -0.05) is 6.92 Å². The molecule has 64 valence electrons. The molecule has 0 spiro atoms. The van der Waals surface area contributed by atoms with Gasteiger partial charge in [-0.25, -0.2) is 0 Å². The molecule has 0 aromatic carbocycles. The van der Waals surface area contributed by atoms with Crippen LogP contribution in [-0.4, -0.2) is 23.0 Å². The van der Waals surface area contributed by atoms with E-state index in [0.29, 0.717) is 0 Å². The fourth-order valence-electron chi connectivity index (χ4n) is 2.88. The average molecular weight is 153 g/mol. The molecule has 2 saturated heterocycles. The highest BCUT2D eigenvalue weighted by molar-refractivity contribution is 4.96. The minimum atomic E-state index is 0.843. The zero-order valence-corrected chi connectivity index (χ0v) is 7.71. The number of nitrogens with zero attached hydrogens (tertiary/aromatic N) is 1. The number of rotatable bonds is 2. The van der Waals surface area contributed by atoms with Crippen molar-refractivity contribution in [2.75, 3.05) is 0 Å². The predicted molar refractivity (Wildman–Crippen MR) is 47.6 cm³/mol. The quantitative estimate of drug-likeness (QED) is 0.589. The summed E-state index contributed by atoms with van der Waals surface area (Å²) in [7, 11) is 0. The van der Waals surface area contributed by atoms with Crippen LogP contribution in [0.4, 0.5) is 0 Å². The molecule has 1 nitrogen and oxygen atoms in total. The highest BCUT2D eigenvalue weighted by Gasteiger charge is 2.40. The van der Waals surface area contributed by atoms with E-state index in [0.717, 1.165) is 18.1 Å². The molecule has 0 radical (unpaired) electrons. The fraction of sp³-hybridized carbons (Fsp3) is 1.00. The van der Waals surface area contributed by atoms with Gasteiger partial charge in [0.2, 0.25) is 0 Å². The molecule has 0 aliphatic carbocycles. The Balaban J connectivity index is 2.03. The van der Waals surface area contributed by atoms with Gasteiger partial charge in [0, 0.05) is 18.1 Å². The minimum absolute atomic E-state index is 0.843. The van der Waals surface area contributed by atoms with Crippen LogP contribution in [0.3, 0.4) is 0 Å². The van der Waals surface area contributed by atoms with Crippen molar-refractivity contribution in [3.8, 4) is 0 Å². The molecule has 0 N–H and O–H groups in total. The van der Waals surface area contributed by atoms with Crippen LogP contribution in [0.2, 0.25) is 0 Å². The number of fused-ring (bicyclic) bond motifs is 2. The lowest BCUT2D eigenvalue weighted by Crippen LogP contribution is -2.36. The van der Waals surface area contributed by atoms with Crippen LogP contribution in [0, 0.1) is 0 Å². The van der Waals surface area contributed by atoms with Crippen LogP contribution in [0.1, 0.15) is 46.0 Å². The maximum atomic E-state index is 2.78. The van der Waals surface area contributed by atoms with Crippen molar-refractivity contribution >= 4 is 0 Å². The Morgan fingerprint density at radius 1 is 1.18 bits per heavy atom. The first-order chi connectivity index (χ1) is 5.33. The van der Waals surface area contributed by atoms with E-state index in [1.807, 2.05) is 0 Å². The molecular formula is C10H19N. The Bertz CT molecular complexity index is 124. The molecule has 2 bridgehead atoms. The molecule has 2 aliphatic rings. The Morgan fingerprint density at radius 3 is 2.00 bits per heavy atom. The largest absolute Gasteiger partial charge is 0.295 e. The van der Waals surface area contributed by atoms with Gasteiger partial charge in [0.05, 0.1) is 0 Å². The molecule has 1 atom stereocenters. The van der Waals surface area contributed by atoms with Gasteiger partial charge in [0.25, 0.3) is 0 Å². The van der Waals surface area contributed by atoms with Crippen LogP contribution in [0.5, 0.6) is 0 Å². The SMILES string of the molecule is CC[C@H](C)N1C2CCC1CC2. The van der Waals surface area contributed by atoms with Gasteiger partial charge in [0.1, 0.15) is 0 Å². The van der Waals surface area contributed by atoms with Crippen molar-refractivity contribution < 1.29 is 0 Å². The first-order valence-corrected chi connectivity index (χ1v) is 5.10. The Labute approximate surface area is 69.8 Å². The van der Waals surface area contributed by atoms with E-state index in [2.05, 4.69) is 18.7 Å². The number of hydrogen-bond acceptors (Lipinski definition) is 1. The summed E-state index contributed by atoms with van der Waals surface area (Å²) in [4.78, 5) is 2.78. The summed E-state index contributed by atoms with van der Waals surface area (Å²) in [5.74, 6) is 0. The van der Waals surface area contributed by atoms with Gasteiger partial charge in [0.15, 0.2) is 0 Å². The first-order valence-electron chi connectivity index (χ1n) is 5.10. The van der Waals surface area contributed by atoms with Gasteiger partial charge < -0.3 is 0 Å². The van der Waals surface area contributed by atoms with Crippen LogP contribution in [0.25, 0.3) is 0 Å². The Hall–Kier alpha value is -0.0400. The third kappa shape index (κ3) is 1.10. The molecule has 0 aromatic heterocycles. The van der Waals surface area contributed by atoms with E-state index in [4.69, 9.17) is 0 Å². The lowest BCUT2D eigenvalue weighted by molar-refractivity contribution is 0.183. The second kappa shape index (κ2) is 2.78. The smallest absolute Gasteiger partial charge is 0.0102 e. The lowest BCUT2D eigenvalue weighted by Gasteiger charge is -2.28. The van der Waals surface area contributed by atoms with Crippen molar-refractivity contribution in [3.05, 3.63) is 0 Å². The molecular weight excluding hydrogens is 134 g/mol. The van der Waals surface area contributed by atoms with Gasteiger partial charge >= 0.3 is 0 Å². The maximum Gasteiger partial charge on any atom is 0.0102 e. The van der Waals surface area contributed by atoms with Crippen LogP contribution in [-0.2, 0) is 0 Å². The molecule has 0 aromatic rings. The first kappa shape index (κ1) is 7.60. The molecule has 0 amide bonds. The van der Waals surface area contributed by atoms with Gasteiger partial charge in [-0.3, -0.25) is 4.90 Å². The number of hydrogen-bond donors (Lipinski definition) is 0. The third-order valence-corrected chi connectivity index (χ3v) is 3.61. The standard InChI is InChI=1S/C10H19N/c1-3-8(2)11-9-4-5-10(11)7-6-9/h8-10H,3-7H2,1-2H3/t8-,9?,10?/m0/s1.